The first kappa shape index (κ1) is 16.6. The molecule has 1 aliphatic rings. The molecule has 0 atom stereocenters. The summed E-state index contributed by atoms with van der Waals surface area (Å²) in [6.45, 7) is 9.91. The highest BCUT2D eigenvalue weighted by Gasteiger charge is 2.52. The van der Waals surface area contributed by atoms with E-state index in [0.717, 1.165) is 16.6 Å². The summed E-state index contributed by atoms with van der Waals surface area (Å²) in [6.07, 6.45) is 1.89. The number of thiol groups is 1. The first-order valence-corrected chi connectivity index (χ1v) is 7.72. The summed E-state index contributed by atoms with van der Waals surface area (Å²) >= 11 is 4.36. The third-order valence-electron chi connectivity index (χ3n) is 4.16. The fourth-order valence-corrected chi connectivity index (χ4v) is 2.49. The van der Waals surface area contributed by atoms with Gasteiger partial charge in [-0.2, -0.15) is 12.6 Å². The van der Waals surface area contributed by atoms with Gasteiger partial charge in [0.2, 0.25) is 0 Å². The lowest BCUT2D eigenvalue weighted by molar-refractivity contribution is 0.00578. The van der Waals surface area contributed by atoms with Gasteiger partial charge in [0.1, 0.15) is 5.82 Å². The molecule has 0 aromatic heterocycles. The molecule has 1 saturated heterocycles. The molecule has 1 heterocycles. The lowest BCUT2D eigenvalue weighted by atomic mass is 9.78. The van der Waals surface area contributed by atoms with E-state index in [1.165, 1.54) is 12.1 Å². The molecule has 5 heteroatoms. The minimum absolute atomic E-state index is 0.242. The van der Waals surface area contributed by atoms with Crippen LogP contribution in [0.25, 0.3) is 6.08 Å². The summed E-state index contributed by atoms with van der Waals surface area (Å²) in [4.78, 5) is 0. The van der Waals surface area contributed by atoms with Crippen molar-refractivity contribution in [3.05, 3.63) is 40.6 Å². The molecule has 0 bridgehead atoms. The Labute approximate surface area is 132 Å². The lowest BCUT2D eigenvalue weighted by Crippen LogP contribution is -2.41. The predicted octanol–water partition coefficient (Wildman–Crippen LogP) is 4.08. The topological polar surface area (TPSA) is 18.5 Å². The Hall–Kier alpha value is -0.775. The molecular formula is C16H22BFO2S. The van der Waals surface area contributed by atoms with Gasteiger partial charge in [-0.3, -0.25) is 0 Å². The fourth-order valence-electron chi connectivity index (χ4n) is 2.24. The zero-order chi connectivity index (χ0) is 15.8. The summed E-state index contributed by atoms with van der Waals surface area (Å²) in [7, 11) is -0.448. The molecule has 21 heavy (non-hydrogen) atoms. The molecular weight excluding hydrogens is 286 g/mol. The highest BCUT2D eigenvalue weighted by molar-refractivity contribution is 7.80. The van der Waals surface area contributed by atoms with E-state index < -0.39 is 18.3 Å². The van der Waals surface area contributed by atoms with Gasteiger partial charge in [0.25, 0.3) is 0 Å². The first-order chi connectivity index (χ1) is 9.64. The van der Waals surface area contributed by atoms with Crippen LogP contribution in [-0.4, -0.2) is 24.1 Å². The van der Waals surface area contributed by atoms with Crippen molar-refractivity contribution < 1.29 is 13.7 Å². The van der Waals surface area contributed by atoms with Crippen molar-refractivity contribution in [3.63, 3.8) is 0 Å². The average Bonchev–Trinajstić information content (AvgIpc) is 2.54. The summed E-state index contributed by atoms with van der Waals surface area (Å²) in [5.41, 5.74) is 1.79. The van der Waals surface area contributed by atoms with Crippen molar-refractivity contribution in [2.24, 2.45) is 0 Å². The maximum absolute atomic E-state index is 13.5. The molecule has 2 rings (SSSR count). The van der Waals surface area contributed by atoms with Gasteiger partial charge >= 0.3 is 7.12 Å². The van der Waals surface area contributed by atoms with Crippen LogP contribution in [0.2, 0.25) is 0 Å². The Kier molecular flexibility index (Phi) is 4.57. The molecule has 1 fully saturated rings. The second kappa shape index (κ2) is 5.78. The van der Waals surface area contributed by atoms with Crippen LogP contribution < -0.4 is 0 Å². The minimum Gasteiger partial charge on any atom is -0.400 e. The second-order valence-corrected chi connectivity index (χ2v) is 6.84. The molecule has 0 unspecified atom stereocenters. The largest absolute Gasteiger partial charge is 0.491 e. The molecule has 114 valence electrons. The maximum atomic E-state index is 13.5. The number of rotatable bonds is 3. The molecule has 0 radical (unpaired) electrons. The lowest BCUT2D eigenvalue weighted by Gasteiger charge is -2.32. The Morgan fingerprint density at radius 1 is 1.19 bits per heavy atom. The molecule has 2 nitrogen and oxygen atoms in total. The van der Waals surface area contributed by atoms with Gasteiger partial charge in [0.15, 0.2) is 0 Å². The van der Waals surface area contributed by atoms with E-state index in [1.807, 2.05) is 46.8 Å². The third-order valence-corrected chi connectivity index (χ3v) is 4.52. The first-order valence-electron chi connectivity index (χ1n) is 7.09. The van der Waals surface area contributed by atoms with E-state index >= 15 is 0 Å². The summed E-state index contributed by atoms with van der Waals surface area (Å²) in [5.74, 6) is 0.250. The molecule has 0 amide bonds. The molecule has 0 aliphatic carbocycles. The highest BCUT2D eigenvalue weighted by Crippen LogP contribution is 2.39. The average molecular weight is 308 g/mol. The van der Waals surface area contributed by atoms with E-state index in [-0.39, 0.29) is 5.82 Å². The van der Waals surface area contributed by atoms with Crippen LogP contribution >= 0.6 is 12.6 Å². The van der Waals surface area contributed by atoms with Crippen LogP contribution in [-0.2, 0) is 9.31 Å². The van der Waals surface area contributed by atoms with Gasteiger partial charge in [-0.05, 0) is 63.4 Å². The number of hydrogen-bond donors (Lipinski definition) is 1. The van der Waals surface area contributed by atoms with E-state index in [2.05, 4.69) is 12.6 Å². The number of aryl methyl sites for hydroxylation is 1. The monoisotopic (exact) mass is 308 g/mol. The van der Waals surface area contributed by atoms with Gasteiger partial charge in [-0.25, -0.2) is 4.39 Å². The van der Waals surface area contributed by atoms with Gasteiger partial charge < -0.3 is 9.31 Å². The number of hydrogen-bond acceptors (Lipinski definition) is 3. The van der Waals surface area contributed by atoms with Crippen molar-refractivity contribution >= 4 is 25.8 Å². The summed E-state index contributed by atoms with van der Waals surface area (Å²) in [5, 5.41) is 0. The van der Waals surface area contributed by atoms with E-state index in [9.17, 15) is 4.39 Å². The highest BCUT2D eigenvalue weighted by atomic mass is 32.1. The maximum Gasteiger partial charge on any atom is 0.491 e. The molecule has 1 aromatic carbocycles. The Morgan fingerprint density at radius 2 is 1.76 bits per heavy atom. The Balaban J connectivity index is 2.30. The van der Waals surface area contributed by atoms with Crippen LogP contribution in [0.5, 0.6) is 0 Å². The Morgan fingerprint density at radius 3 is 2.24 bits per heavy atom. The van der Waals surface area contributed by atoms with Crippen LogP contribution in [0.1, 0.15) is 38.8 Å². The van der Waals surface area contributed by atoms with Gasteiger partial charge in [-0.15, -0.1) is 0 Å². The van der Waals surface area contributed by atoms with Crippen LogP contribution in [0.3, 0.4) is 0 Å². The van der Waals surface area contributed by atoms with E-state index in [0.29, 0.717) is 5.75 Å². The summed E-state index contributed by atoms with van der Waals surface area (Å²) < 4.78 is 25.5. The number of halogens is 1. The van der Waals surface area contributed by atoms with Crippen molar-refractivity contribution in [2.45, 2.75) is 45.8 Å². The van der Waals surface area contributed by atoms with Gasteiger partial charge in [-0.1, -0.05) is 12.1 Å². The van der Waals surface area contributed by atoms with Crippen LogP contribution in [0, 0.1) is 12.7 Å². The SMILES string of the molecule is Cc1cc(F)cc(C=C(CS)B2OC(C)(C)C(C)(C)O2)c1. The van der Waals surface area contributed by atoms with Gasteiger partial charge in [0, 0.05) is 5.75 Å². The molecule has 0 N–H and O–H groups in total. The van der Waals surface area contributed by atoms with Crippen LogP contribution in [0.4, 0.5) is 4.39 Å². The molecule has 0 spiro atoms. The molecule has 0 saturated carbocycles. The number of benzene rings is 1. The van der Waals surface area contributed by atoms with Gasteiger partial charge in [0.05, 0.1) is 11.2 Å². The smallest absolute Gasteiger partial charge is 0.400 e. The molecule has 1 aliphatic heterocycles. The minimum atomic E-state index is -0.448. The zero-order valence-corrected chi connectivity index (χ0v) is 14.1. The van der Waals surface area contributed by atoms with E-state index in [1.54, 1.807) is 0 Å². The van der Waals surface area contributed by atoms with E-state index in [4.69, 9.17) is 9.31 Å². The summed E-state index contributed by atoms with van der Waals surface area (Å²) in [6, 6.07) is 4.94. The quantitative estimate of drug-likeness (QED) is 0.670. The van der Waals surface area contributed by atoms with Crippen molar-refractivity contribution in [2.75, 3.05) is 5.75 Å². The Bertz CT molecular complexity index is 533. The fraction of sp³-hybridized carbons (Fsp3) is 0.500. The normalized spacial score (nSPS) is 20.9. The third kappa shape index (κ3) is 3.53. The van der Waals surface area contributed by atoms with Crippen LogP contribution in [0.15, 0.2) is 23.7 Å². The molecule has 1 aromatic rings. The van der Waals surface area contributed by atoms with Crippen molar-refractivity contribution in [3.8, 4) is 0 Å². The predicted molar refractivity (Wildman–Crippen MR) is 89.0 cm³/mol. The second-order valence-electron chi connectivity index (χ2n) is 6.53. The van der Waals surface area contributed by atoms with Crippen molar-refractivity contribution in [1.29, 1.82) is 0 Å². The van der Waals surface area contributed by atoms with Crippen molar-refractivity contribution in [1.82, 2.24) is 0 Å². The standard InChI is InChI=1S/C16H22BFO2S/c1-11-6-12(9-14(18)7-11)8-13(10-21)17-19-15(2,3)16(4,5)20-17/h6-9,21H,10H2,1-5H3. The zero-order valence-electron chi connectivity index (χ0n) is 13.2.